The van der Waals surface area contributed by atoms with Gasteiger partial charge in [0.05, 0.1) is 13.2 Å². The van der Waals surface area contributed by atoms with Crippen LogP contribution in [0.5, 0.6) is 0 Å². The van der Waals surface area contributed by atoms with Crippen molar-refractivity contribution in [3.63, 3.8) is 0 Å². The lowest BCUT2D eigenvalue weighted by atomic mass is 10.1. The number of carbonyl (C=O) groups is 2. The van der Waals surface area contributed by atoms with Crippen molar-refractivity contribution >= 4 is 12.0 Å². The Morgan fingerprint density at radius 3 is 2.76 bits per heavy atom. The minimum absolute atomic E-state index is 0.105. The lowest BCUT2D eigenvalue weighted by molar-refractivity contribution is -0.134. The van der Waals surface area contributed by atoms with Gasteiger partial charge in [0.1, 0.15) is 11.9 Å². The number of ether oxygens (including phenoxy) is 1. The third-order valence-electron chi connectivity index (χ3n) is 4.40. The van der Waals surface area contributed by atoms with Crippen molar-refractivity contribution < 1.29 is 14.3 Å². The number of alkyl carbamates (subject to hydrolysis) is 1. The summed E-state index contributed by atoms with van der Waals surface area (Å²) in [4.78, 5) is 34.3. The first-order chi connectivity index (χ1) is 12.1. The maximum Gasteiger partial charge on any atom is 0.407 e. The Morgan fingerprint density at radius 2 is 2.12 bits per heavy atom. The summed E-state index contributed by atoms with van der Waals surface area (Å²) >= 11 is 0. The van der Waals surface area contributed by atoms with Crippen LogP contribution in [-0.4, -0.2) is 40.5 Å². The number of nitrogens with zero attached hydrogens (tertiary/aromatic N) is 2. The largest absolute Gasteiger partial charge is 0.453 e. The summed E-state index contributed by atoms with van der Waals surface area (Å²) in [5.74, 6) is 0.626. The number of aromatic amines is 1. The molecule has 132 valence electrons. The minimum atomic E-state index is -0.787. The molecule has 1 aromatic heterocycles. The summed E-state index contributed by atoms with van der Waals surface area (Å²) in [6.45, 7) is 2.57. The molecule has 3 rings (SSSR count). The number of rotatable bonds is 4. The molecule has 0 aliphatic carbocycles. The molecule has 2 N–H and O–H groups in total. The maximum atomic E-state index is 13.2. The fourth-order valence-corrected chi connectivity index (χ4v) is 3.19. The van der Waals surface area contributed by atoms with E-state index in [9.17, 15) is 9.59 Å². The summed E-state index contributed by atoms with van der Waals surface area (Å²) < 4.78 is 4.69. The lowest BCUT2D eigenvalue weighted by Crippen LogP contribution is -2.42. The standard InChI is InChI=1S/C18H22N4O3/c1-12-11-19-16(20-12)14-9-6-10-22(14)17(23)15(21-18(24)25-2)13-7-4-3-5-8-13/h3-5,7-8,11,14-15H,6,9-10H2,1-2H3,(H,19,20)(H,21,24)/t14-,15+/m0/s1. The average molecular weight is 342 g/mol. The van der Waals surface area contributed by atoms with Crippen molar-refractivity contribution in [2.45, 2.75) is 31.8 Å². The Bertz CT molecular complexity index is 744. The zero-order valence-corrected chi connectivity index (χ0v) is 14.4. The molecule has 1 saturated heterocycles. The summed E-state index contributed by atoms with van der Waals surface area (Å²) in [5, 5.41) is 2.65. The van der Waals surface area contributed by atoms with E-state index in [1.165, 1.54) is 7.11 Å². The normalized spacial score (nSPS) is 18.0. The molecule has 7 nitrogen and oxygen atoms in total. The number of methoxy groups -OCH3 is 1. The number of imidazole rings is 1. The first kappa shape index (κ1) is 17.0. The molecule has 25 heavy (non-hydrogen) atoms. The Labute approximate surface area is 146 Å². The van der Waals surface area contributed by atoms with Gasteiger partial charge in [0.15, 0.2) is 0 Å². The van der Waals surface area contributed by atoms with E-state index in [2.05, 4.69) is 15.3 Å². The number of nitrogens with one attached hydrogen (secondary N) is 2. The van der Waals surface area contributed by atoms with E-state index in [4.69, 9.17) is 4.74 Å². The van der Waals surface area contributed by atoms with E-state index in [1.54, 1.807) is 11.1 Å². The summed E-state index contributed by atoms with van der Waals surface area (Å²) in [6, 6.07) is 8.30. The van der Waals surface area contributed by atoms with E-state index in [-0.39, 0.29) is 11.9 Å². The van der Waals surface area contributed by atoms with Crippen molar-refractivity contribution in [1.29, 1.82) is 0 Å². The minimum Gasteiger partial charge on any atom is -0.453 e. The zero-order chi connectivity index (χ0) is 17.8. The monoisotopic (exact) mass is 342 g/mol. The molecule has 2 heterocycles. The number of H-pyrrole nitrogens is 1. The van der Waals surface area contributed by atoms with Crippen LogP contribution in [0.2, 0.25) is 0 Å². The van der Waals surface area contributed by atoms with Crippen LogP contribution in [0.4, 0.5) is 4.79 Å². The smallest absolute Gasteiger partial charge is 0.407 e. The Balaban J connectivity index is 1.87. The molecule has 0 bridgehead atoms. The summed E-state index contributed by atoms with van der Waals surface area (Å²) in [7, 11) is 1.28. The number of hydrogen-bond acceptors (Lipinski definition) is 4. The molecule has 1 fully saturated rings. The van der Waals surface area contributed by atoms with Crippen LogP contribution in [0, 0.1) is 6.92 Å². The number of aromatic nitrogens is 2. The van der Waals surface area contributed by atoms with Crippen molar-refractivity contribution in [2.75, 3.05) is 13.7 Å². The van der Waals surface area contributed by atoms with Crippen LogP contribution in [-0.2, 0) is 9.53 Å². The highest BCUT2D eigenvalue weighted by atomic mass is 16.5. The molecule has 0 spiro atoms. The molecular formula is C18H22N4O3. The molecule has 2 atom stereocenters. The van der Waals surface area contributed by atoms with Gasteiger partial charge in [-0.25, -0.2) is 9.78 Å². The van der Waals surface area contributed by atoms with Gasteiger partial charge in [0.25, 0.3) is 5.91 Å². The van der Waals surface area contributed by atoms with Crippen molar-refractivity contribution in [1.82, 2.24) is 20.2 Å². The van der Waals surface area contributed by atoms with Crippen LogP contribution in [0.3, 0.4) is 0 Å². The quantitative estimate of drug-likeness (QED) is 0.893. The van der Waals surface area contributed by atoms with E-state index in [0.29, 0.717) is 6.54 Å². The maximum absolute atomic E-state index is 13.2. The number of likely N-dealkylation sites (tertiary alicyclic amines) is 1. The third kappa shape index (κ3) is 3.65. The van der Waals surface area contributed by atoms with Crippen molar-refractivity contribution in [2.24, 2.45) is 0 Å². The van der Waals surface area contributed by atoms with Crippen LogP contribution >= 0.6 is 0 Å². The lowest BCUT2D eigenvalue weighted by Gasteiger charge is -2.28. The molecule has 1 aliphatic rings. The van der Waals surface area contributed by atoms with Gasteiger partial charge in [-0.1, -0.05) is 30.3 Å². The SMILES string of the molecule is COC(=O)N[C@@H](C(=O)N1CCC[C@H]1c1ncc(C)[nH]1)c1ccccc1. The molecular weight excluding hydrogens is 320 g/mol. The first-order valence-electron chi connectivity index (χ1n) is 8.31. The van der Waals surface area contributed by atoms with E-state index >= 15 is 0 Å². The first-order valence-corrected chi connectivity index (χ1v) is 8.31. The predicted molar refractivity (Wildman–Crippen MR) is 91.7 cm³/mol. The number of amides is 2. The van der Waals surface area contributed by atoms with Gasteiger partial charge >= 0.3 is 6.09 Å². The number of aryl methyl sites for hydroxylation is 1. The van der Waals surface area contributed by atoms with Crippen LogP contribution in [0.25, 0.3) is 0 Å². The Kier molecular flexibility index (Phi) is 5.02. The Morgan fingerprint density at radius 1 is 1.36 bits per heavy atom. The van der Waals surface area contributed by atoms with Gasteiger partial charge in [-0.15, -0.1) is 0 Å². The van der Waals surface area contributed by atoms with E-state index < -0.39 is 12.1 Å². The van der Waals surface area contributed by atoms with Crippen LogP contribution in [0.15, 0.2) is 36.5 Å². The van der Waals surface area contributed by atoms with Crippen LogP contribution in [0.1, 0.15) is 42.0 Å². The van der Waals surface area contributed by atoms with Gasteiger partial charge < -0.3 is 19.9 Å². The predicted octanol–water partition coefficient (Wildman–Crippen LogP) is 2.48. The van der Waals surface area contributed by atoms with Crippen LogP contribution < -0.4 is 5.32 Å². The summed E-state index contributed by atoms with van der Waals surface area (Å²) in [6.07, 6.45) is 2.87. The second-order valence-electron chi connectivity index (χ2n) is 6.12. The van der Waals surface area contributed by atoms with Crippen molar-refractivity contribution in [3.05, 3.63) is 53.6 Å². The van der Waals surface area contributed by atoms with Gasteiger partial charge in [-0.3, -0.25) is 4.79 Å². The Hall–Kier alpha value is -2.83. The number of hydrogen-bond donors (Lipinski definition) is 2. The molecule has 1 aliphatic heterocycles. The van der Waals surface area contributed by atoms with Gasteiger partial charge in [0, 0.05) is 18.4 Å². The van der Waals surface area contributed by atoms with Gasteiger partial charge in [-0.2, -0.15) is 0 Å². The highest BCUT2D eigenvalue weighted by Crippen LogP contribution is 2.32. The summed E-state index contributed by atoms with van der Waals surface area (Å²) in [5.41, 5.74) is 1.68. The second kappa shape index (κ2) is 7.38. The number of carbonyl (C=O) groups excluding carboxylic acids is 2. The molecule has 2 aromatic rings. The highest BCUT2D eigenvalue weighted by Gasteiger charge is 2.36. The third-order valence-corrected chi connectivity index (χ3v) is 4.40. The van der Waals surface area contributed by atoms with E-state index in [1.807, 2.05) is 37.3 Å². The second-order valence-corrected chi connectivity index (χ2v) is 6.12. The molecule has 2 amide bonds. The van der Waals surface area contributed by atoms with Gasteiger partial charge in [-0.05, 0) is 25.3 Å². The van der Waals surface area contributed by atoms with Crippen molar-refractivity contribution in [3.8, 4) is 0 Å². The molecule has 0 radical (unpaired) electrons. The number of benzene rings is 1. The van der Waals surface area contributed by atoms with E-state index in [0.717, 1.165) is 29.9 Å². The molecule has 0 saturated carbocycles. The fourth-order valence-electron chi connectivity index (χ4n) is 3.19. The molecule has 0 unspecified atom stereocenters. The fraction of sp³-hybridized carbons (Fsp3) is 0.389. The topological polar surface area (TPSA) is 87.3 Å². The van der Waals surface area contributed by atoms with Gasteiger partial charge in [0.2, 0.25) is 0 Å². The highest BCUT2D eigenvalue weighted by molar-refractivity contribution is 5.87. The average Bonchev–Trinajstić information content (AvgIpc) is 3.28. The zero-order valence-electron chi connectivity index (χ0n) is 14.4. The molecule has 7 heteroatoms. The molecule has 1 aromatic carbocycles.